The summed E-state index contributed by atoms with van der Waals surface area (Å²) in [6.07, 6.45) is 3.98. The summed E-state index contributed by atoms with van der Waals surface area (Å²) in [6.45, 7) is 8.10. The number of amides is 1. The van der Waals surface area contributed by atoms with Crippen molar-refractivity contribution >= 4 is 35.8 Å². The smallest absolute Gasteiger partial charge is 0.248 e. The van der Waals surface area contributed by atoms with Crippen LogP contribution >= 0.6 is 24.0 Å². The lowest BCUT2D eigenvalue weighted by Crippen LogP contribution is -2.39. The van der Waals surface area contributed by atoms with Gasteiger partial charge in [0.05, 0.1) is 6.54 Å². The van der Waals surface area contributed by atoms with Gasteiger partial charge in [-0.05, 0) is 37.5 Å². The summed E-state index contributed by atoms with van der Waals surface area (Å²) in [5.41, 5.74) is 6.79. The maximum Gasteiger partial charge on any atom is 0.248 e. The number of allylic oxidation sites excluding steroid dienone is 1. The molecule has 6 heteroatoms. The Bertz CT molecular complexity index is 514. The molecule has 0 radical (unpaired) electrons. The number of rotatable bonds is 8. The SMILES string of the molecule is C=CCCCN(C)C(=NCc1ccc(C(N)=O)cc1)NCC.I. The van der Waals surface area contributed by atoms with Gasteiger partial charge in [0.25, 0.3) is 0 Å². The lowest BCUT2D eigenvalue weighted by molar-refractivity contribution is 0.100. The molecule has 1 aromatic carbocycles. The number of nitrogens with one attached hydrogen (secondary N) is 1. The van der Waals surface area contributed by atoms with Crippen LogP contribution in [0.2, 0.25) is 0 Å². The molecule has 0 saturated heterocycles. The third kappa shape index (κ3) is 8.01. The molecule has 0 fully saturated rings. The summed E-state index contributed by atoms with van der Waals surface area (Å²) in [5.74, 6) is 0.468. The molecule has 0 aromatic heterocycles. The van der Waals surface area contributed by atoms with Gasteiger partial charge >= 0.3 is 0 Å². The number of halogens is 1. The van der Waals surface area contributed by atoms with E-state index in [9.17, 15) is 4.79 Å². The minimum Gasteiger partial charge on any atom is -0.366 e. The number of benzene rings is 1. The molecule has 3 N–H and O–H groups in total. The van der Waals surface area contributed by atoms with E-state index in [-0.39, 0.29) is 24.0 Å². The molecule has 1 amide bonds. The zero-order valence-corrected chi connectivity index (χ0v) is 16.2. The number of nitrogens with zero attached hydrogens (tertiary/aromatic N) is 2. The zero-order chi connectivity index (χ0) is 16.4. The summed E-state index contributed by atoms with van der Waals surface area (Å²) < 4.78 is 0. The van der Waals surface area contributed by atoms with Crippen molar-refractivity contribution in [1.82, 2.24) is 10.2 Å². The maximum atomic E-state index is 11.0. The first-order chi connectivity index (χ1) is 10.6. The van der Waals surface area contributed by atoms with E-state index in [2.05, 4.69) is 28.7 Å². The van der Waals surface area contributed by atoms with E-state index >= 15 is 0 Å². The van der Waals surface area contributed by atoms with Crippen molar-refractivity contribution in [2.45, 2.75) is 26.3 Å². The van der Waals surface area contributed by atoms with E-state index in [1.807, 2.05) is 25.3 Å². The Hall–Kier alpha value is -1.57. The first-order valence-corrected chi connectivity index (χ1v) is 7.57. The van der Waals surface area contributed by atoms with Crippen LogP contribution in [-0.4, -0.2) is 36.9 Å². The molecule has 1 rings (SSSR count). The average molecular weight is 430 g/mol. The van der Waals surface area contributed by atoms with Gasteiger partial charge in [-0.15, -0.1) is 30.6 Å². The fourth-order valence-corrected chi connectivity index (χ4v) is 1.99. The molecule has 0 bridgehead atoms. The second-order valence-corrected chi connectivity index (χ2v) is 5.08. The highest BCUT2D eigenvalue weighted by atomic mass is 127. The van der Waals surface area contributed by atoms with E-state index in [1.165, 1.54) is 0 Å². The molecule has 5 nitrogen and oxygen atoms in total. The number of hydrogen-bond acceptors (Lipinski definition) is 2. The van der Waals surface area contributed by atoms with Gasteiger partial charge in [-0.1, -0.05) is 18.2 Å². The largest absolute Gasteiger partial charge is 0.366 e. The fourth-order valence-electron chi connectivity index (χ4n) is 1.99. The van der Waals surface area contributed by atoms with Crippen molar-refractivity contribution in [3.05, 3.63) is 48.0 Å². The number of primary amides is 1. The van der Waals surface area contributed by atoms with Gasteiger partial charge < -0.3 is 16.0 Å². The molecular weight excluding hydrogens is 403 g/mol. The second kappa shape index (κ2) is 11.9. The summed E-state index contributed by atoms with van der Waals surface area (Å²) in [4.78, 5) is 17.8. The van der Waals surface area contributed by atoms with Crippen LogP contribution in [0, 0.1) is 0 Å². The van der Waals surface area contributed by atoms with Crippen molar-refractivity contribution in [3.8, 4) is 0 Å². The predicted octanol–water partition coefficient (Wildman–Crippen LogP) is 2.77. The van der Waals surface area contributed by atoms with Gasteiger partial charge in [0.15, 0.2) is 5.96 Å². The normalized spacial score (nSPS) is 10.6. The molecule has 1 aromatic rings. The molecular formula is C17H27IN4O. The minimum absolute atomic E-state index is 0. The van der Waals surface area contributed by atoms with Crippen molar-refractivity contribution in [3.63, 3.8) is 0 Å². The zero-order valence-electron chi connectivity index (χ0n) is 13.9. The van der Waals surface area contributed by atoms with E-state index in [1.54, 1.807) is 12.1 Å². The number of aliphatic imine (C=N–C) groups is 1. The summed E-state index contributed by atoms with van der Waals surface area (Å²) in [5, 5.41) is 3.29. The Morgan fingerprint density at radius 2 is 2.04 bits per heavy atom. The molecule has 0 spiro atoms. The van der Waals surface area contributed by atoms with Gasteiger partial charge in [0.2, 0.25) is 5.91 Å². The second-order valence-electron chi connectivity index (χ2n) is 5.08. The quantitative estimate of drug-likeness (QED) is 0.219. The molecule has 0 aliphatic rings. The van der Waals surface area contributed by atoms with E-state index < -0.39 is 5.91 Å². The van der Waals surface area contributed by atoms with Gasteiger partial charge in [0.1, 0.15) is 0 Å². The van der Waals surface area contributed by atoms with Crippen LogP contribution in [0.4, 0.5) is 0 Å². The van der Waals surface area contributed by atoms with Crippen LogP contribution < -0.4 is 11.1 Å². The number of unbranched alkanes of at least 4 members (excludes halogenated alkanes) is 1. The Morgan fingerprint density at radius 1 is 1.39 bits per heavy atom. The molecule has 0 aliphatic heterocycles. The van der Waals surface area contributed by atoms with E-state index in [0.29, 0.717) is 12.1 Å². The lowest BCUT2D eigenvalue weighted by atomic mass is 10.1. The number of carbonyl (C=O) groups is 1. The highest BCUT2D eigenvalue weighted by molar-refractivity contribution is 14.0. The topological polar surface area (TPSA) is 70.7 Å². The maximum absolute atomic E-state index is 11.0. The number of hydrogen-bond donors (Lipinski definition) is 2. The number of guanidine groups is 1. The Morgan fingerprint density at radius 3 is 2.57 bits per heavy atom. The molecule has 0 unspecified atom stereocenters. The fraction of sp³-hybridized carbons (Fsp3) is 0.412. The van der Waals surface area contributed by atoms with Crippen LogP contribution in [0.3, 0.4) is 0 Å². The van der Waals surface area contributed by atoms with Gasteiger partial charge in [0, 0.05) is 25.7 Å². The highest BCUT2D eigenvalue weighted by Crippen LogP contribution is 2.06. The number of nitrogens with two attached hydrogens (primary N) is 1. The van der Waals surface area contributed by atoms with Gasteiger partial charge in [-0.25, -0.2) is 4.99 Å². The lowest BCUT2D eigenvalue weighted by Gasteiger charge is -2.21. The van der Waals surface area contributed by atoms with Gasteiger partial charge in [-0.2, -0.15) is 0 Å². The first kappa shape index (κ1) is 21.4. The van der Waals surface area contributed by atoms with Crippen molar-refractivity contribution in [2.75, 3.05) is 20.1 Å². The van der Waals surface area contributed by atoms with Crippen molar-refractivity contribution in [1.29, 1.82) is 0 Å². The Labute approximate surface area is 156 Å². The van der Waals surface area contributed by atoms with Crippen molar-refractivity contribution in [2.24, 2.45) is 10.7 Å². The van der Waals surface area contributed by atoms with E-state index in [0.717, 1.165) is 37.5 Å². The molecule has 23 heavy (non-hydrogen) atoms. The minimum atomic E-state index is -0.412. The molecule has 0 heterocycles. The first-order valence-electron chi connectivity index (χ1n) is 7.57. The van der Waals surface area contributed by atoms with Crippen LogP contribution in [0.15, 0.2) is 41.9 Å². The average Bonchev–Trinajstić information content (AvgIpc) is 2.52. The third-order valence-corrected chi connectivity index (χ3v) is 3.25. The summed E-state index contributed by atoms with van der Waals surface area (Å²) in [7, 11) is 2.03. The predicted molar refractivity (Wildman–Crippen MR) is 107 cm³/mol. The Kier molecular flexibility index (Phi) is 11.1. The monoisotopic (exact) mass is 430 g/mol. The van der Waals surface area contributed by atoms with Crippen molar-refractivity contribution < 1.29 is 4.79 Å². The highest BCUT2D eigenvalue weighted by Gasteiger charge is 2.05. The van der Waals surface area contributed by atoms with Crippen LogP contribution in [0.5, 0.6) is 0 Å². The number of carbonyl (C=O) groups excluding carboxylic acids is 1. The summed E-state index contributed by atoms with van der Waals surface area (Å²) in [6, 6.07) is 7.22. The standard InChI is InChI=1S/C17H26N4O.HI/c1-4-6-7-12-21(3)17(19-5-2)20-13-14-8-10-15(11-9-14)16(18)22;/h4,8-11H,1,5-7,12-13H2,2-3H3,(H2,18,22)(H,19,20);1H. The molecule has 0 aliphatic carbocycles. The molecule has 0 atom stereocenters. The van der Waals surface area contributed by atoms with Crippen LogP contribution in [-0.2, 0) is 6.54 Å². The third-order valence-electron chi connectivity index (χ3n) is 3.25. The Balaban J connectivity index is 0.00000484. The van der Waals surface area contributed by atoms with E-state index in [4.69, 9.17) is 5.73 Å². The molecule has 128 valence electrons. The summed E-state index contributed by atoms with van der Waals surface area (Å²) >= 11 is 0. The van der Waals surface area contributed by atoms with Crippen LogP contribution in [0.25, 0.3) is 0 Å². The van der Waals surface area contributed by atoms with Crippen LogP contribution in [0.1, 0.15) is 35.7 Å². The molecule has 0 saturated carbocycles. The van der Waals surface area contributed by atoms with Gasteiger partial charge in [-0.3, -0.25) is 4.79 Å².